The molecule has 1 saturated carbocycles. The quantitative estimate of drug-likeness (QED) is 0.581. The van der Waals surface area contributed by atoms with Crippen molar-refractivity contribution in [3.05, 3.63) is 29.8 Å². The van der Waals surface area contributed by atoms with Gasteiger partial charge < -0.3 is 10.5 Å². The first-order chi connectivity index (χ1) is 6.81. The highest BCUT2D eigenvalue weighted by Gasteiger charge is 2.31. The van der Waals surface area contributed by atoms with Gasteiger partial charge in [0.2, 0.25) is 0 Å². The summed E-state index contributed by atoms with van der Waals surface area (Å²) in [5.74, 6) is 0.610. The van der Waals surface area contributed by atoms with Gasteiger partial charge in [-0.15, -0.1) is 0 Å². The van der Waals surface area contributed by atoms with Gasteiger partial charge >= 0.3 is 5.97 Å². The second kappa shape index (κ2) is 3.80. The van der Waals surface area contributed by atoms with Crippen molar-refractivity contribution in [3.63, 3.8) is 0 Å². The number of esters is 1. The average molecular weight is 191 g/mol. The average Bonchev–Trinajstić information content (AvgIpc) is 3.02. The van der Waals surface area contributed by atoms with Crippen molar-refractivity contribution in [1.82, 2.24) is 0 Å². The fraction of sp³-hybridized carbons (Fsp3) is 0.364. The van der Waals surface area contributed by atoms with Gasteiger partial charge in [-0.05, 0) is 18.9 Å². The lowest BCUT2D eigenvalue weighted by atomic mass is 10.2. The summed E-state index contributed by atoms with van der Waals surface area (Å²) in [7, 11) is 0. The molecule has 0 radical (unpaired) electrons. The van der Waals surface area contributed by atoms with E-state index in [1.54, 1.807) is 6.07 Å². The Balaban J connectivity index is 2.10. The third-order valence-electron chi connectivity index (χ3n) is 2.31. The molecule has 0 aliphatic heterocycles. The molecule has 0 heterocycles. The molecular formula is C11H13NO2. The normalized spacial score (nSPS) is 15.2. The van der Waals surface area contributed by atoms with Gasteiger partial charge in [0.1, 0.15) is 5.75 Å². The summed E-state index contributed by atoms with van der Waals surface area (Å²) < 4.78 is 5.24. The van der Waals surface area contributed by atoms with Gasteiger partial charge in [-0.25, -0.2) is 0 Å². The summed E-state index contributed by atoms with van der Waals surface area (Å²) in [4.78, 5) is 11.4. The molecule has 0 amide bonds. The first kappa shape index (κ1) is 9.21. The smallest absolute Gasteiger partial charge is 0.314 e. The summed E-state index contributed by atoms with van der Waals surface area (Å²) in [6, 6.07) is 7.38. The predicted octanol–water partition coefficient (Wildman–Crippen LogP) is 1.46. The zero-order valence-corrected chi connectivity index (χ0v) is 7.90. The standard InChI is InChI=1S/C11H13NO2/c12-7-9-3-1-2-4-10(9)14-11(13)8-5-6-8/h1-4,8H,5-7,12H2. The fourth-order valence-corrected chi connectivity index (χ4v) is 1.28. The Morgan fingerprint density at radius 1 is 1.43 bits per heavy atom. The molecule has 3 nitrogen and oxygen atoms in total. The van der Waals surface area contributed by atoms with Crippen LogP contribution in [-0.2, 0) is 11.3 Å². The van der Waals surface area contributed by atoms with Crippen LogP contribution in [0, 0.1) is 5.92 Å². The van der Waals surface area contributed by atoms with E-state index in [0.717, 1.165) is 18.4 Å². The van der Waals surface area contributed by atoms with E-state index in [1.807, 2.05) is 18.2 Å². The maximum atomic E-state index is 11.4. The van der Waals surface area contributed by atoms with Crippen molar-refractivity contribution in [3.8, 4) is 5.75 Å². The largest absolute Gasteiger partial charge is 0.426 e. The molecule has 0 saturated heterocycles. The lowest BCUT2D eigenvalue weighted by molar-refractivity contribution is -0.135. The molecule has 74 valence electrons. The van der Waals surface area contributed by atoms with E-state index >= 15 is 0 Å². The Morgan fingerprint density at radius 3 is 2.79 bits per heavy atom. The minimum absolute atomic E-state index is 0.120. The summed E-state index contributed by atoms with van der Waals surface area (Å²) >= 11 is 0. The van der Waals surface area contributed by atoms with Crippen molar-refractivity contribution >= 4 is 5.97 Å². The van der Waals surface area contributed by atoms with Gasteiger partial charge in [0, 0.05) is 12.1 Å². The topological polar surface area (TPSA) is 52.3 Å². The molecule has 1 aliphatic rings. The van der Waals surface area contributed by atoms with Crippen LogP contribution >= 0.6 is 0 Å². The molecule has 2 rings (SSSR count). The lowest BCUT2D eigenvalue weighted by Crippen LogP contribution is -2.12. The van der Waals surface area contributed by atoms with Gasteiger partial charge in [-0.1, -0.05) is 18.2 Å². The minimum atomic E-state index is -0.120. The van der Waals surface area contributed by atoms with Crippen molar-refractivity contribution in [2.45, 2.75) is 19.4 Å². The summed E-state index contributed by atoms with van der Waals surface area (Å²) in [6.07, 6.45) is 1.92. The number of benzene rings is 1. The van der Waals surface area contributed by atoms with E-state index in [2.05, 4.69) is 0 Å². The molecule has 2 N–H and O–H groups in total. The molecule has 0 spiro atoms. The number of rotatable bonds is 3. The number of hydrogen-bond acceptors (Lipinski definition) is 3. The number of nitrogens with two attached hydrogens (primary N) is 1. The van der Waals surface area contributed by atoms with Crippen LogP contribution in [0.4, 0.5) is 0 Å². The zero-order valence-electron chi connectivity index (χ0n) is 7.90. The lowest BCUT2D eigenvalue weighted by Gasteiger charge is -2.07. The zero-order chi connectivity index (χ0) is 9.97. The Kier molecular flexibility index (Phi) is 2.50. The number of ether oxygens (including phenoxy) is 1. The van der Waals surface area contributed by atoms with Crippen LogP contribution in [0.25, 0.3) is 0 Å². The van der Waals surface area contributed by atoms with E-state index < -0.39 is 0 Å². The van der Waals surface area contributed by atoms with Crippen LogP contribution in [-0.4, -0.2) is 5.97 Å². The molecular weight excluding hydrogens is 178 g/mol. The van der Waals surface area contributed by atoms with Crippen molar-refractivity contribution < 1.29 is 9.53 Å². The number of carbonyl (C=O) groups excluding carboxylic acids is 1. The number of hydrogen-bond donors (Lipinski definition) is 1. The second-order valence-electron chi connectivity index (χ2n) is 3.51. The van der Waals surface area contributed by atoms with Crippen molar-refractivity contribution in [1.29, 1.82) is 0 Å². The summed E-state index contributed by atoms with van der Waals surface area (Å²) in [6.45, 7) is 0.397. The van der Waals surface area contributed by atoms with Gasteiger partial charge in [0.15, 0.2) is 0 Å². The number of carbonyl (C=O) groups is 1. The van der Waals surface area contributed by atoms with Crippen LogP contribution in [0.2, 0.25) is 0 Å². The monoisotopic (exact) mass is 191 g/mol. The second-order valence-corrected chi connectivity index (χ2v) is 3.51. The third kappa shape index (κ3) is 1.93. The van der Waals surface area contributed by atoms with Crippen molar-refractivity contribution in [2.24, 2.45) is 11.7 Å². The van der Waals surface area contributed by atoms with Crippen LogP contribution in [0.5, 0.6) is 5.75 Å². The van der Waals surface area contributed by atoms with Crippen LogP contribution in [0.3, 0.4) is 0 Å². The Hall–Kier alpha value is -1.35. The maximum absolute atomic E-state index is 11.4. The molecule has 0 unspecified atom stereocenters. The Morgan fingerprint density at radius 2 is 2.14 bits per heavy atom. The van der Waals surface area contributed by atoms with Crippen LogP contribution in [0.1, 0.15) is 18.4 Å². The Bertz CT molecular complexity index is 345. The number of para-hydroxylation sites is 1. The van der Waals surface area contributed by atoms with Crippen LogP contribution in [0.15, 0.2) is 24.3 Å². The maximum Gasteiger partial charge on any atom is 0.314 e. The highest BCUT2D eigenvalue weighted by Crippen LogP contribution is 2.31. The Labute approximate surface area is 82.9 Å². The van der Waals surface area contributed by atoms with E-state index in [4.69, 9.17) is 10.5 Å². The summed E-state index contributed by atoms with van der Waals surface area (Å²) in [5.41, 5.74) is 6.40. The first-order valence-electron chi connectivity index (χ1n) is 4.81. The molecule has 14 heavy (non-hydrogen) atoms. The SMILES string of the molecule is NCc1ccccc1OC(=O)C1CC1. The van der Waals surface area contributed by atoms with Gasteiger partial charge in [0.25, 0.3) is 0 Å². The first-order valence-corrected chi connectivity index (χ1v) is 4.81. The molecule has 1 fully saturated rings. The molecule has 0 bridgehead atoms. The summed E-state index contributed by atoms with van der Waals surface area (Å²) in [5, 5.41) is 0. The molecule has 1 aliphatic carbocycles. The molecule has 3 heteroatoms. The third-order valence-corrected chi connectivity index (χ3v) is 2.31. The van der Waals surface area contributed by atoms with E-state index in [0.29, 0.717) is 12.3 Å². The molecule has 0 atom stereocenters. The van der Waals surface area contributed by atoms with Gasteiger partial charge in [0.05, 0.1) is 5.92 Å². The molecule has 0 aromatic heterocycles. The molecule has 1 aromatic rings. The van der Waals surface area contributed by atoms with Crippen LogP contribution < -0.4 is 10.5 Å². The van der Waals surface area contributed by atoms with Crippen molar-refractivity contribution in [2.75, 3.05) is 0 Å². The fourth-order valence-electron chi connectivity index (χ4n) is 1.28. The van der Waals surface area contributed by atoms with Gasteiger partial charge in [-0.3, -0.25) is 4.79 Å². The van der Waals surface area contributed by atoms with E-state index in [1.165, 1.54) is 0 Å². The van der Waals surface area contributed by atoms with E-state index in [9.17, 15) is 4.79 Å². The highest BCUT2D eigenvalue weighted by atomic mass is 16.5. The minimum Gasteiger partial charge on any atom is -0.426 e. The predicted molar refractivity (Wildman–Crippen MR) is 52.7 cm³/mol. The highest BCUT2D eigenvalue weighted by molar-refractivity contribution is 5.77. The van der Waals surface area contributed by atoms with Gasteiger partial charge in [-0.2, -0.15) is 0 Å². The van der Waals surface area contributed by atoms with E-state index in [-0.39, 0.29) is 11.9 Å². The molecule has 1 aromatic carbocycles.